The highest BCUT2D eigenvalue weighted by Crippen LogP contribution is 2.21. The number of carbonyl (C=O) groups is 1. The van der Waals surface area contributed by atoms with Gasteiger partial charge in [0.1, 0.15) is 17.7 Å². The first-order valence-corrected chi connectivity index (χ1v) is 10.9. The Balaban J connectivity index is 1.27. The normalized spacial score (nSPS) is 15.0. The summed E-state index contributed by atoms with van der Waals surface area (Å²) in [5.41, 5.74) is 1.57. The Bertz CT molecular complexity index is 980. The summed E-state index contributed by atoms with van der Waals surface area (Å²) in [7, 11) is 0. The van der Waals surface area contributed by atoms with Gasteiger partial charge in [-0.2, -0.15) is 0 Å². The number of ether oxygens (including phenoxy) is 1. The largest absolute Gasteiger partial charge is 0.490 e. The second kappa shape index (κ2) is 10.2. The summed E-state index contributed by atoms with van der Waals surface area (Å²) in [6.45, 7) is 6.37. The second-order valence-electron chi connectivity index (χ2n) is 7.79. The van der Waals surface area contributed by atoms with Crippen LogP contribution in [-0.2, 0) is 19.6 Å². The molecule has 0 radical (unpaired) electrons. The van der Waals surface area contributed by atoms with Crippen molar-refractivity contribution in [2.24, 2.45) is 0 Å². The molecule has 4 rings (SSSR count). The van der Waals surface area contributed by atoms with Crippen LogP contribution in [0.1, 0.15) is 41.5 Å². The van der Waals surface area contributed by atoms with E-state index >= 15 is 0 Å². The van der Waals surface area contributed by atoms with E-state index in [1.165, 1.54) is 0 Å². The van der Waals surface area contributed by atoms with Crippen molar-refractivity contribution in [3.63, 3.8) is 0 Å². The van der Waals surface area contributed by atoms with Gasteiger partial charge in [0.05, 0.1) is 6.54 Å². The number of hydrogen-bond acceptors (Lipinski definition) is 5. The van der Waals surface area contributed by atoms with Crippen LogP contribution in [0.25, 0.3) is 0 Å². The van der Waals surface area contributed by atoms with Gasteiger partial charge in [0, 0.05) is 56.5 Å². The number of carbonyl (C=O) groups excluding carboxylic acids is 1. The Morgan fingerprint density at radius 1 is 1.19 bits per heavy atom. The minimum Gasteiger partial charge on any atom is -0.490 e. The number of likely N-dealkylation sites (tertiary alicyclic amines) is 1. The van der Waals surface area contributed by atoms with Crippen molar-refractivity contribution >= 4 is 5.91 Å². The van der Waals surface area contributed by atoms with Gasteiger partial charge in [-0.25, -0.2) is 4.98 Å². The highest BCUT2D eigenvalue weighted by Gasteiger charge is 2.22. The van der Waals surface area contributed by atoms with E-state index in [0.29, 0.717) is 12.1 Å². The SMILES string of the molecule is CCn1ccnc1CN1CCC(Oc2cccc(C(=O)NCc3cccnc3)c2)CC1. The average Bonchev–Trinajstić information content (AvgIpc) is 3.27. The van der Waals surface area contributed by atoms with E-state index < -0.39 is 0 Å². The monoisotopic (exact) mass is 419 g/mol. The summed E-state index contributed by atoms with van der Waals surface area (Å²) in [6.07, 6.45) is 9.46. The van der Waals surface area contributed by atoms with Crippen LogP contribution >= 0.6 is 0 Å². The molecule has 1 amide bonds. The number of pyridine rings is 1. The van der Waals surface area contributed by atoms with Crippen molar-refractivity contribution in [3.05, 3.63) is 78.1 Å². The number of imidazole rings is 1. The van der Waals surface area contributed by atoms with Gasteiger partial charge >= 0.3 is 0 Å². The molecule has 1 fully saturated rings. The van der Waals surface area contributed by atoms with Gasteiger partial charge in [-0.05, 0) is 49.6 Å². The fourth-order valence-electron chi connectivity index (χ4n) is 3.86. The molecule has 0 atom stereocenters. The molecule has 1 saturated heterocycles. The molecule has 2 aromatic heterocycles. The van der Waals surface area contributed by atoms with Crippen molar-refractivity contribution < 1.29 is 9.53 Å². The van der Waals surface area contributed by atoms with Crippen LogP contribution in [0.2, 0.25) is 0 Å². The average molecular weight is 420 g/mol. The fraction of sp³-hybridized carbons (Fsp3) is 0.375. The molecule has 0 spiro atoms. The van der Waals surface area contributed by atoms with E-state index in [1.54, 1.807) is 12.4 Å². The first-order chi connectivity index (χ1) is 15.2. The van der Waals surface area contributed by atoms with Gasteiger partial charge in [-0.15, -0.1) is 0 Å². The lowest BCUT2D eigenvalue weighted by Crippen LogP contribution is -2.38. The molecule has 0 bridgehead atoms. The Morgan fingerprint density at radius 2 is 2.06 bits per heavy atom. The minimum atomic E-state index is -0.115. The van der Waals surface area contributed by atoms with Crippen LogP contribution in [0.3, 0.4) is 0 Å². The summed E-state index contributed by atoms with van der Waals surface area (Å²) in [6, 6.07) is 11.2. The summed E-state index contributed by atoms with van der Waals surface area (Å²) >= 11 is 0. The molecule has 1 aliphatic heterocycles. The molecule has 1 aliphatic rings. The van der Waals surface area contributed by atoms with Crippen molar-refractivity contribution in [1.29, 1.82) is 0 Å². The van der Waals surface area contributed by atoms with Crippen LogP contribution < -0.4 is 10.1 Å². The molecule has 3 aromatic rings. The third kappa shape index (κ3) is 5.70. The molecule has 7 heteroatoms. The Kier molecular flexibility index (Phi) is 6.94. The molecule has 3 heterocycles. The lowest BCUT2D eigenvalue weighted by Gasteiger charge is -2.32. The standard InChI is InChI=1S/C24H29N5O2/c1-2-29-14-11-26-23(29)18-28-12-8-21(9-13-28)31-22-7-3-6-20(15-22)24(30)27-17-19-5-4-10-25-16-19/h3-7,10-11,14-16,21H,2,8-9,12-13,17-18H2,1H3,(H,27,30). The van der Waals surface area contributed by atoms with E-state index in [9.17, 15) is 4.79 Å². The number of rotatable bonds is 8. The Labute approximate surface area is 183 Å². The van der Waals surface area contributed by atoms with Crippen LogP contribution in [0.15, 0.2) is 61.2 Å². The van der Waals surface area contributed by atoms with Gasteiger partial charge in [-0.1, -0.05) is 12.1 Å². The summed E-state index contributed by atoms with van der Waals surface area (Å²) in [5, 5.41) is 2.93. The number of aryl methyl sites for hydroxylation is 1. The summed E-state index contributed by atoms with van der Waals surface area (Å²) in [4.78, 5) is 23.5. The third-order valence-electron chi connectivity index (χ3n) is 5.62. The van der Waals surface area contributed by atoms with E-state index in [2.05, 4.69) is 31.7 Å². The van der Waals surface area contributed by atoms with Crippen LogP contribution in [-0.4, -0.2) is 44.5 Å². The van der Waals surface area contributed by atoms with Crippen molar-refractivity contribution in [3.8, 4) is 5.75 Å². The summed E-state index contributed by atoms with van der Waals surface area (Å²) < 4.78 is 8.39. The third-order valence-corrected chi connectivity index (χ3v) is 5.62. The number of benzene rings is 1. The molecule has 0 unspecified atom stereocenters. The van der Waals surface area contributed by atoms with Crippen LogP contribution in [0.5, 0.6) is 5.75 Å². The zero-order valence-corrected chi connectivity index (χ0v) is 17.9. The first-order valence-electron chi connectivity index (χ1n) is 10.9. The van der Waals surface area contributed by atoms with Crippen molar-refractivity contribution in [2.45, 2.75) is 45.5 Å². The van der Waals surface area contributed by atoms with Crippen LogP contribution in [0.4, 0.5) is 0 Å². The highest BCUT2D eigenvalue weighted by atomic mass is 16.5. The summed E-state index contributed by atoms with van der Waals surface area (Å²) in [5.74, 6) is 1.75. The highest BCUT2D eigenvalue weighted by molar-refractivity contribution is 5.94. The molecule has 1 aromatic carbocycles. The van der Waals surface area contributed by atoms with Gasteiger partial charge in [0.25, 0.3) is 5.91 Å². The molecule has 0 aliphatic carbocycles. The predicted octanol–water partition coefficient (Wildman–Crippen LogP) is 3.27. The van der Waals surface area contributed by atoms with Gasteiger partial charge in [0.2, 0.25) is 0 Å². The van der Waals surface area contributed by atoms with Gasteiger partial charge in [-0.3, -0.25) is 14.7 Å². The zero-order valence-electron chi connectivity index (χ0n) is 17.9. The van der Waals surface area contributed by atoms with E-state index in [4.69, 9.17) is 4.74 Å². The topological polar surface area (TPSA) is 72.3 Å². The number of aromatic nitrogens is 3. The minimum absolute atomic E-state index is 0.115. The fourth-order valence-corrected chi connectivity index (χ4v) is 3.86. The molecule has 7 nitrogen and oxygen atoms in total. The number of nitrogens with one attached hydrogen (secondary N) is 1. The number of amides is 1. The lowest BCUT2D eigenvalue weighted by molar-refractivity contribution is 0.0926. The zero-order chi connectivity index (χ0) is 21.5. The molecule has 162 valence electrons. The van der Waals surface area contributed by atoms with Crippen molar-refractivity contribution in [1.82, 2.24) is 24.8 Å². The number of piperidine rings is 1. The molecule has 0 saturated carbocycles. The predicted molar refractivity (Wildman–Crippen MR) is 119 cm³/mol. The maximum absolute atomic E-state index is 12.5. The van der Waals surface area contributed by atoms with Gasteiger partial charge < -0.3 is 14.6 Å². The number of hydrogen-bond donors (Lipinski definition) is 1. The smallest absolute Gasteiger partial charge is 0.251 e. The van der Waals surface area contributed by atoms with Crippen molar-refractivity contribution in [2.75, 3.05) is 13.1 Å². The second-order valence-corrected chi connectivity index (χ2v) is 7.79. The quantitative estimate of drug-likeness (QED) is 0.607. The van der Waals surface area contributed by atoms with E-state index in [1.807, 2.05) is 48.8 Å². The maximum Gasteiger partial charge on any atom is 0.251 e. The van der Waals surface area contributed by atoms with E-state index in [-0.39, 0.29) is 12.0 Å². The van der Waals surface area contributed by atoms with Crippen LogP contribution in [0, 0.1) is 0 Å². The van der Waals surface area contributed by atoms with E-state index in [0.717, 1.165) is 56.2 Å². The molecular weight excluding hydrogens is 390 g/mol. The first kappa shape index (κ1) is 21.1. The lowest BCUT2D eigenvalue weighted by atomic mass is 10.1. The Morgan fingerprint density at radius 3 is 2.84 bits per heavy atom. The number of nitrogens with zero attached hydrogens (tertiary/aromatic N) is 4. The maximum atomic E-state index is 12.5. The van der Waals surface area contributed by atoms with Gasteiger partial charge in [0.15, 0.2) is 0 Å². The Hall–Kier alpha value is -3.19. The molecule has 1 N–H and O–H groups in total. The molecule has 31 heavy (non-hydrogen) atoms. The molecular formula is C24H29N5O2.